The Balaban J connectivity index is 1.65. The number of thioether (sulfide) groups is 1. The second-order valence-electron chi connectivity index (χ2n) is 7.68. The van der Waals surface area contributed by atoms with Gasteiger partial charge in [0, 0.05) is 23.0 Å². The molecule has 2 aromatic rings. The van der Waals surface area contributed by atoms with Crippen LogP contribution in [0.4, 0.5) is 0 Å². The second kappa shape index (κ2) is 12.3. The predicted octanol–water partition coefficient (Wildman–Crippen LogP) is 6.27. The molecule has 0 spiro atoms. The van der Waals surface area contributed by atoms with E-state index in [2.05, 4.69) is 39.7 Å². The molecule has 2 aromatic carbocycles. The van der Waals surface area contributed by atoms with Crippen LogP contribution in [0.15, 0.2) is 51.8 Å². The molecular formula is C25H26BrNO4S2. The molecule has 1 aliphatic heterocycles. The summed E-state index contributed by atoms with van der Waals surface area (Å²) in [6.07, 6.45) is 4.57. The van der Waals surface area contributed by atoms with Crippen molar-refractivity contribution in [3.05, 3.63) is 68.5 Å². The summed E-state index contributed by atoms with van der Waals surface area (Å²) in [4.78, 5) is 26.4. The van der Waals surface area contributed by atoms with Gasteiger partial charge >= 0.3 is 5.97 Å². The van der Waals surface area contributed by atoms with Crippen molar-refractivity contribution in [1.29, 1.82) is 0 Å². The monoisotopic (exact) mass is 547 g/mol. The molecule has 5 nitrogen and oxygen atoms in total. The lowest BCUT2D eigenvalue weighted by Crippen LogP contribution is -2.29. The highest BCUT2D eigenvalue weighted by Gasteiger charge is 2.31. The van der Waals surface area contributed by atoms with Crippen LogP contribution >= 0.6 is 39.9 Å². The number of esters is 1. The number of nitrogens with zero attached hydrogens (tertiary/aromatic N) is 1. The zero-order valence-corrected chi connectivity index (χ0v) is 21.9. The van der Waals surface area contributed by atoms with Crippen molar-refractivity contribution < 1.29 is 19.1 Å². The van der Waals surface area contributed by atoms with Crippen LogP contribution in [-0.2, 0) is 20.9 Å². The fourth-order valence-electron chi connectivity index (χ4n) is 3.26. The third-order valence-corrected chi connectivity index (χ3v) is 7.01. The van der Waals surface area contributed by atoms with E-state index < -0.39 is 0 Å². The first-order chi connectivity index (χ1) is 15.9. The average Bonchev–Trinajstić information content (AvgIpc) is 3.06. The highest BCUT2D eigenvalue weighted by molar-refractivity contribution is 9.10. The van der Waals surface area contributed by atoms with Crippen LogP contribution in [0.3, 0.4) is 0 Å². The van der Waals surface area contributed by atoms with E-state index in [1.807, 2.05) is 36.4 Å². The van der Waals surface area contributed by atoms with Gasteiger partial charge in [-0.25, -0.2) is 0 Å². The highest BCUT2D eigenvalue weighted by Crippen LogP contribution is 2.35. The minimum absolute atomic E-state index is 0.0950. The summed E-state index contributed by atoms with van der Waals surface area (Å²) in [7, 11) is 1.39. The molecule has 0 unspecified atom stereocenters. The predicted molar refractivity (Wildman–Crippen MR) is 140 cm³/mol. The van der Waals surface area contributed by atoms with E-state index in [1.165, 1.54) is 24.4 Å². The molecular weight excluding hydrogens is 522 g/mol. The number of amides is 1. The Labute approximate surface area is 212 Å². The summed E-state index contributed by atoms with van der Waals surface area (Å²) in [6, 6.07) is 14.0. The molecule has 3 rings (SSSR count). The number of hydrogen-bond acceptors (Lipinski definition) is 6. The van der Waals surface area contributed by atoms with E-state index in [0.29, 0.717) is 34.5 Å². The molecule has 8 heteroatoms. The van der Waals surface area contributed by atoms with Gasteiger partial charge in [0.15, 0.2) is 0 Å². The van der Waals surface area contributed by atoms with Crippen molar-refractivity contribution in [2.24, 2.45) is 0 Å². The molecule has 174 valence electrons. The Bertz CT molecular complexity index is 1050. The number of halogens is 1. The topological polar surface area (TPSA) is 55.8 Å². The van der Waals surface area contributed by atoms with Crippen molar-refractivity contribution in [2.45, 2.75) is 39.2 Å². The number of rotatable bonds is 10. The van der Waals surface area contributed by atoms with Gasteiger partial charge in [-0.2, -0.15) is 0 Å². The number of carbonyl (C=O) groups excluding carboxylic acids is 2. The van der Waals surface area contributed by atoms with Gasteiger partial charge in [-0.1, -0.05) is 76.2 Å². The summed E-state index contributed by atoms with van der Waals surface area (Å²) < 4.78 is 12.2. The van der Waals surface area contributed by atoms with Gasteiger partial charge in [0.1, 0.15) is 16.7 Å². The first-order valence-electron chi connectivity index (χ1n) is 10.7. The van der Waals surface area contributed by atoms with Crippen molar-refractivity contribution in [3.63, 3.8) is 0 Å². The number of ether oxygens (including phenoxy) is 2. The largest absolute Gasteiger partial charge is 0.488 e. The SMILES string of the molecule is COC(=O)CCCCCN1C(=O)/C(=C\c2cc(Br)ccc2OCc2ccc(C)cc2)SC1=S. The summed E-state index contributed by atoms with van der Waals surface area (Å²) in [6.45, 7) is 3.03. The average molecular weight is 549 g/mol. The molecule has 1 fully saturated rings. The summed E-state index contributed by atoms with van der Waals surface area (Å²) >= 11 is 10.3. The van der Waals surface area contributed by atoms with Crippen molar-refractivity contribution in [3.8, 4) is 5.75 Å². The van der Waals surface area contributed by atoms with Crippen LogP contribution in [-0.4, -0.2) is 34.8 Å². The van der Waals surface area contributed by atoms with Crippen molar-refractivity contribution >= 4 is 62.2 Å². The maximum Gasteiger partial charge on any atom is 0.305 e. The van der Waals surface area contributed by atoms with E-state index in [4.69, 9.17) is 17.0 Å². The summed E-state index contributed by atoms with van der Waals surface area (Å²) in [5.74, 6) is 0.396. The zero-order valence-electron chi connectivity index (χ0n) is 18.6. The number of methoxy groups -OCH3 is 1. The molecule has 33 heavy (non-hydrogen) atoms. The fourth-order valence-corrected chi connectivity index (χ4v) is 4.94. The fraction of sp³-hybridized carbons (Fsp3) is 0.320. The van der Waals surface area contributed by atoms with Gasteiger partial charge in [-0.3, -0.25) is 14.5 Å². The number of carbonyl (C=O) groups is 2. The number of unbranched alkanes of at least 4 members (excludes halogenated alkanes) is 2. The van der Waals surface area contributed by atoms with E-state index >= 15 is 0 Å². The third kappa shape index (κ3) is 7.42. The Morgan fingerprint density at radius 1 is 1.15 bits per heavy atom. The Hall–Kier alpha value is -2.16. The normalized spacial score (nSPS) is 14.8. The van der Waals surface area contributed by atoms with E-state index in [-0.39, 0.29) is 11.9 Å². The van der Waals surface area contributed by atoms with Gasteiger partial charge < -0.3 is 9.47 Å². The Morgan fingerprint density at radius 2 is 1.91 bits per heavy atom. The smallest absolute Gasteiger partial charge is 0.305 e. The lowest BCUT2D eigenvalue weighted by atomic mass is 10.1. The first-order valence-corrected chi connectivity index (χ1v) is 12.7. The zero-order chi connectivity index (χ0) is 23.8. The maximum atomic E-state index is 13.0. The molecule has 0 aliphatic carbocycles. The van der Waals surface area contributed by atoms with Gasteiger partial charge in [0.25, 0.3) is 5.91 Å². The highest BCUT2D eigenvalue weighted by atomic mass is 79.9. The minimum Gasteiger partial charge on any atom is -0.488 e. The number of hydrogen-bond donors (Lipinski definition) is 0. The first kappa shape index (κ1) is 25.5. The molecule has 0 atom stereocenters. The second-order valence-corrected chi connectivity index (χ2v) is 10.3. The quantitative estimate of drug-likeness (QED) is 0.151. The molecule has 0 saturated carbocycles. The van der Waals surface area contributed by atoms with Gasteiger partial charge in [-0.15, -0.1) is 0 Å². The summed E-state index contributed by atoms with van der Waals surface area (Å²) in [5, 5.41) is 0. The molecule has 1 heterocycles. The lowest BCUT2D eigenvalue weighted by molar-refractivity contribution is -0.140. The van der Waals surface area contributed by atoms with Gasteiger partial charge in [0.05, 0.1) is 12.0 Å². The number of benzene rings is 2. The molecule has 0 radical (unpaired) electrons. The van der Waals surface area contributed by atoms with Crippen LogP contribution in [0.1, 0.15) is 42.4 Å². The van der Waals surface area contributed by atoms with E-state index in [1.54, 1.807) is 4.90 Å². The maximum absolute atomic E-state index is 13.0. The third-order valence-electron chi connectivity index (χ3n) is 5.14. The Kier molecular flexibility index (Phi) is 9.52. The molecule has 0 N–H and O–H groups in total. The molecule has 1 amide bonds. The minimum atomic E-state index is -0.210. The molecule has 0 bridgehead atoms. The van der Waals surface area contributed by atoms with Gasteiger partial charge in [0.2, 0.25) is 0 Å². The van der Waals surface area contributed by atoms with Crippen LogP contribution in [0.5, 0.6) is 5.75 Å². The van der Waals surface area contributed by atoms with Crippen molar-refractivity contribution in [2.75, 3.05) is 13.7 Å². The van der Waals surface area contributed by atoms with E-state index in [9.17, 15) is 9.59 Å². The lowest BCUT2D eigenvalue weighted by Gasteiger charge is -2.14. The molecule has 1 saturated heterocycles. The number of aryl methyl sites for hydroxylation is 1. The van der Waals surface area contributed by atoms with Crippen molar-refractivity contribution in [1.82, 2.24) is 4.90 Å². The standard InChI is InChI=1S/C25H26BrNO4S2/c1-17-7-9-18(10-8-17)16-31-21-12-11-20(26)14-19(21)15-22-24(29)27(25(32)33-22)13-5-3-4-6-23(28)30-2/h7-12,14-15H,3-6,13,16H2,1-2H3/b22-15+. The van der Waals surface area contributed by atoms with Gasteiger partial charge in [-0.05, 0) is 49.6 Å². The van der Waals surface area contributed by atoms with Crippen LogP contribution in [0, 0.1) is 6.92 Å². The van der Waals surface area contributed by atoms with Crippen LogP contribution in [0.25, 0.3) is 6.08 Å². The van der Waals surface area contributed by atoms with E-state index in [0.717, 1.165) is 34.9 Å². The molecule has 1 aliphatic rings. The molecule has 0 aromatic heterocycles. The van der Waals surface area contributed by atoms with Crippen LogP contribution in [0.2, 0.25) is 0 Å². The summed E-state index contributed by atoms with van der Waals surface area (Å²) in [5.41, 5.74) is 3.09. The number of thiocarbonyl (C=S) groups is 1. The Morgan fingerprint density at radius 3 is 2.64 bits per heavy atom. The van der Waals surface area contributed by atoms with Crippen LogP contribution < -0.4 is 4.74 Å².